The summed E-state index contributed by atoms with van der Waals surface area (Å²) in [6.07, 6.45) is 6.28. The zero-order valence-corrected chi connectivity index (χ0v) is 79.0. The first-order chi connectivity index (χ1) is 64.9. The van der Waals surface area contributed by atoms with E-state index in [2.05, 4.69) is 78.4 Å². The second-order valence-electron chi connectivity index (χ2n) is 34.9. The molecule has 3 aromatic heterocycles. The molecule has 3 saturated heterocycles. The average Bonchev–Trinajstić information content (AvgIpc) is 1.55. The first-order valence-electron chi connectivity index (χ1n) is 45.9. The van der Waals surface area contributed by atoms with Crippen LogP contribution in [0.5, 0.6) is 5.75 Å². The van der Waals surface area contributed by atoms with Gasteiger partial charge in [-0.25, -0.2) is 4.98 Å². The molecule has 0 bridgehead atoms. The summed E-state index contributed by atoms with van der Waals surface area (Å²) in [7, 11) is 5.34. The van der Waals surface area contributed by atoms with Gasteiger partial charge in [-0.2, -0.15) is 0 Å². The number of benzene rings is 3. The van der Waals surface area contributed by atoms with E-state index in [1.54, 1.807) is 99.0 Å². The summed E-state index contributed by atoms with van der Waals surface area (Å²) in [5.74, 6) is -16.7. The van der Waals surface area contributed by atoms with Gasteiger partial charge in [-0.1, -0.05) is 108 Å². The van der Waals surface area contributed by atoms with Crippen LogP contribution >= 0.6 is 11.8 Å². The third-order valence-corrected chi connectivity index (χ3v) is 25.6. The second kappa shape index (κ2) is 51.1. The van der Waals surface area contributed by atoms with Gasteiger partial charge in [0, 0.05) is 118 Å². The lowest BCUT2D eigenvalue weighted by Crippen LogP contribution is -2.62. The summed E-state index contributed by atoms with van der Waals surface area (Å²) < 4.78 is 5.61. The van der Waals surface area contributed by atoms with Crippen molar-refractivity contribution in [3.05, 3.63) is 120 Å². The summed E-state index contributed by atoms with van der Waals surface area (Å²) >= 11 is 0.780. The van der Waals surface area contributed by atoms with E-state index < -0.39 is 222 Å². The van der Waals surface area contributed by atoms with Gasteiger partial charge in [-0.3, -0.25) is 86.9 Å². The highest BCUT2D eigenvalue weighted by Gasteiger charge is 2.46. The van der Waals surface area contributed by atoms with E-state index in [0.717, 1.165) is 31.4 Å². The molecule has 14 atom stereocenters. The van der Waals surface area contributed by atoms with Gasteiger partial charge in [0.1, 0.15) is 90.3 Å². The van der Waals surface area contributed by atoms with Crippen molar-refractivity contribution >= 4 is 140 Å². The van der Waals surface area contributed by atoms with Crippen LogP contribution in [-0.4, -0.2) is 313 Å². The molecule has 17 amide bonds. The van der Waals surface area contributed by atoms with Crippen LogP contribution in [-0.2, 0) is 107 Å². The van der Waals surface area contributed by atoms with Crippen molar-refractivity contribution < 1.29 is 91.4 Å². The predicted octanol–water partition coefficient (Wildman–Crippen LogP) is -1.60. The van der Waals surface area contributed by atoms with Crippen LogP contribution in [0, 0.1) is 11.3 Å². The third kappa shape index (κ3) is 29.2. The number of hydrogen-bond donors (Lipinski definition) is 19. The zero-order chi connectivity index (χ0) is 99.1. The van der Waals surface area contributed by atoms with Gasteiger partial charge < -0.3 is 125 Å². The molecule has 22 N–H and O–H groups in total. The Balaban J connectivity index is 1.10. The summed E-state index contributed by atoms with van der Waals surface area (Å²) in [5, 5.41) is 49.9. The molecule has 0 aliphatic carbocycles. The van der Waals surface area contributed by atoms with Crippen molar-refractivity contribution in [2.24, 2.45) is 23.1 Å². The van der Waals surface area contributed by atoms with Crippen LogP contribution in [0.25, 0.3) is 21.8 Å². The number of imidazole rings is 1. The standard InChI is InChI=1S/C92H130N24O19S/c1-10-12-29-70-84(127)104-61(28-20-34-98-92(95)96)80(123)111-69(79(122)101-46-76(94)119)48-136-49-77(120)103-65(38-53-23-14-19-33-74(53)135-9)87(130)112(6)52(5)78(121)107-67(42-75(93)118)90(133)116-36-22-32-72(116)86(129)106-63(41-56-45-97-50-102-56)82(125)108-64(37-51(3)4)89(132)115-35-21-31-71(115)85(128)105-62(39-54-43-99-59-26-17-15-24-57(54)59)81(124)110-68(47-117)83(126)109-66(40-55-44-100-60-27-18-16-25-58(55)60)88(131)114(8)73(30-13-11-2)91(134)113(70)7/h14-19,23-27,33,43-45,50-52,61-73,99-100,117H,10-13,20-22,28-32,34-42,46-49H2,1-9H3,(H2,93,118)(H2,94,119)(H,97,102)(H,101,122)(H,103,120)(H,104,127)(H,105,128)(H,106,129)(H,107,121)(H,108,125)(H,109,126)(H,110,124)(H,111,123)(H4,95,96,98)/t52-,61-,62-,63-,64-,65-,66-,67-,68-,69-,70-,71?,72-,73-/m0/s1. The average molecular weight is 1910 g/mol. The number of nitrogens with one attached hydrogen (secondary N) is 15. The summed E-state index contributed by atoms with van der Waals surface area (Å²) in [5.41, 5.74) is 20.0. The number of aromatic nitrogens is 4. The summed E-state index contributed by atoms with van der Waals surface area (Å²) in [6, 6.07) is -0.354. The number of primary amides is 2. The van der Waals surface area contributed by atoms with Crippen molar-refractivity contribution in [2.45, 2.75) is 235 Å². The molecule has 3 aliphatic rings. The van der Waals surface area contributed by atoms with E-state index in [-0.39, 0.29) is 109 Å². The van der Waals surface area contributed by atoms with Crippen LogP contribution in [0.1, 0.15) is 147 Å². The van der Waals surface area contributed by atoms with Crippen molar-refractivity contribution in [3.63, 3.8) is 0 Å². The first-order valence-corrected chi connectivity index (χ1v) is 47.0. The maximum atomic E-state index is 15.8. The molecule has 3 aromatic carbocycles. The molecular formula is C92H130N24O19S. The number of hydrogen-bond acceptors (Lipinski definition) is 22. The Kier molecular flexibility index (Phi) is 39.9. The molecule has 6 aromatic rings. The number of H-pyrrole nitrogens is 3. The predicted molar refractivity (Wildman–Crippen MR) is 503 cm³/mol. The van der Waals surface area contributed by atoms with Gasteiger partial charge in [0.05, 0.1) is 38.8 Å². The minimum atomic E-state index is -1.85. The molecule has 3 fully saturated rings. The van der Waals surface area contributed by atoms with Gasteiger partial charge in [-0.05, 0) is 106 Å². The lowest BCUT2D eigenvalue weighted by molar-refractivity contribution is -0.149. The largest absolute Gasteiger partial charge is 0.496 e. The number of methoxy groups -OCH3 is 1. The number of rotatable bonds is 27. The monoisotopic (exact) mass is 1910 g/mol. The highest BCUT2D eigenvalue weighted by molar-refractivity contribution is 8.00. The zero-order valence-electron chi connectivity index (χ0n) is 78.2. The molecule has 0 radical (unpaired) electrons. The Morgan fingerprint density at radius 3 is 1.60 bits per heavy atom. The van der Waals surface area contributed by atoms with E-state index in [9.17, 15) is 38.7 Å². The van der Waals surface area contributed by atoms with Gasteiger partial charge >= 0.3 is 0 Å². The van der Waals surface area contributed by atoms with Gasteiger partial charge in [0.15, 0.2) is 5.96 Å². The fourth-order valence-electron chi connectivity index (χ4n) is 17.0. The number of carbonyl (C=O) groups is 17. The number of carbonyl (C=O) groups excluding carboxylic acids is 17. The maximum absolute atomic E-state index is 15.8. The molecule has 3 aliphatic heterocycles. The number of ether oxygens (including phenoxy) is 1. The topological polar surface area (TPSA) is 630 Å². The van der Waals surface area contributed by atoms with Crippen LogP contribution in [0.15, 0.2) is 97.7 Å². The van der Waals surface area contributed by atoms with Crippen LogP contribution in [0.2, 0.25) is 0 Å². The van der Waals surface area contributed by atoms with Crippen molar-refractivity contribution in [1.29, 1.82) is 5.41 Å². The van der Waals surface area contributed by atoms with E-state index in [1.165, 1.54) is 52.6 Å². The molecule has 6 heterocycles. The smallest absolute Gasteiger partial charge is 0.246 e. The Morgan fingerprint density at radius 1 is 0.529 bits per heavy atom. The number of aliphatic hydroxyl groups is 1. The Hall–Kier alpha value is -13.7. The highest BCUT2D eigenvalue weighted by Crippen LogP contribution is 2.29. The minimum absolute atomic E-state index is 0.00300. The number of guanidine groups is 1. The Bertz CT molecular complexity index is 5240. The SMILES string of the molecule is CCCC[C@H]1C(=O)N(C)[C@@H](CCCC)C(=O)N[C@@H](CCCNC(=N)N)C(=O)N[C@H](C(=O)NCC(N)=O)CSCC(=O)N[C@@H](Cc2ccccc2OC)C(=O)N(C)[C@@H](C)C(=O)N[C@@H](CC(N)=O)C(=O)N2CCC[C@H]2C(=O)N[C@@H](Cc2cnc[nH]2)C(=O)N[C@@H](CC(C)C)C(=O)N2CCCC2C(=O)N[C@@H](Cc2c[nH]c3ccccc23)C(=O)N[C@@H](CO)C(=O)N[C@@H](Cc2c[nH]c3ccccc23)C(=O)N1C. The number of fused-ring (bicyclic) bond motifs is 4. The number of amides is 17. The molecule has 9 rings (SSSR count). The Labute approximate surface area is 792 Å². The van der Waals surface area contributed by atoms with E-state index in [4.69, 9.17) is 27.3 Å². The van der Waals surface area contributed by atoms with Gasteiger partial charge in [0.2, 0.25) is 100 Å². The van der Waals surface area contributed by atoms with Crippen molar-refractivity contribution in [1.82, 2.24) is 103 Å². The first kappa shape index (κ1) is 106. The number of para-hydroxylation sites is 3. The summed E-state index contributed by atoms with van der Waals surface area (Å²) in [4.78, 5) is 270. The van der Waals surface area contributed by atoms with Crippen LogP contribution in [0.4, 0.5) is 0 Å². The summed E-state index contributed by atoms with van der Waals surface area (Å²) in [6.45, 7) is 6.70. The minimum Gasteiger partial charge on any atom is -0.496 e. The quantitative estimate of drug-likeness (QED) is 0.0157. The molecule has 1 unspecified atom stereocenters. The lowest BCUT2D eigenvalue weighted by atomic mass is 10.00. The van der Waals surface area contributed by atoms with Gasteiger partial charge in [0.25, 0.3) is 0 Å². The number of aliphatic hydroxyl groups excluding tert-OH is 1. The molecule has 738 valence electrons. The fourth-order valence-corrected chi connectivity index (χ4v) is 17.9. The Morgan fingerprint density at radius 2 is 1.03 bits per heavy atom. The number of likely N-dealkylation sites (N-methyl/N-ethyl adjacent to an activating group) is 3. The number of aromatic amines is 3. The molecule has 44 heteroatoms. The number of thioether (sulfide) groups is 1. The fraction of sp³-hybridized carbons (Fsp3) is 0.533. The molecule has 136 heavy (non-hydrogen) atoms. The van der Waals surface area contributed by atoms with E-state index in [1.807, 2.05) is 13.8 Å². The van der Waals surface area contributed by atoms with E-state index >= 15 is 47.9 Å². The molecule has 0 saturated carbocycles. The van der Waals surface area contributed by atoms with Crippen molar-refractivity contribution in [2.75, 3.05) is 72.5 Å². The highest BCUT2D eigenvalue weighted by atomic mass is 32.2. The number of unbranched alkanes of at least 4 members (excludes halogenated alkanes) is 2. The van der Waals surface area contributed by atoms with Crippen LogP contribution in [0.3, 0.4) is 0 Å². The third-order valence-electron chi connectivity index (χ3n) is 24.5. The van der Waals surface area contributed by atoms with Crippen LogP contribution < -0.4 is 80.4 Å². The molecule has 0 spiro atoms. The van der Waals surface area contributed by atoms with Crippen molar-refractivity contribution in [3.8, 4) is 5.75 Å². The van der Waals surface area contributed by atoms with E-state index in [0.29, 0.717) is 75.6 Å². The second-order valence-corrected chi connectivity index (χ2v) is 35.9. The number of nitrogens with two attached hydrogens (primary N) is 3. The van der Waals surface area contributed by atoms with Gasteiger partial charge in [-0.15, -0.1) is 11.8 Å². The molecule has 43 nitrogen and oxygen atoms in total. The lowest BCUT2D eigenvalue weighted by Gasteiger charge is -2.36. The molecular weight excluding hydrogens is 1780 g/mol. The maximum Gasteiger partial charge on any atom is 0.246 e. The normalized spacial score (nSPS) is 24.1. The number of nitrogens with zero attached hydrogens (tertiary/aromatic N) is 6.